The smallest absolute Gasteiger partial charge is 0.306 e. The first-order valence-corrected chi connectivity index (χ1v) is 33.0. The minimum atomic E-state index is -0.821. The number of rotatable bonds is 59. The van der Waals surface area contributed by atoms with E-state index >= 15 is 0 Å². The van der Waals surface area contributed by atoms with Crippen molar-refractivity contribution in [3.63, 3.8) is 0 Å². The van der Waals surface area contributed by atoms with Crippen LogP contribution in [-0.4, -0.2) is 37.2 Å². The third-order valence-electron chi connectivity index (χ3n) is 13.9. The van der Waals surface area contributed by atoms with Crippen molar-refractivity contribution in [2.75, 3.05) is 13.2 Å². The predicted molar refractivity (Wildman–Crippen MR) is 343 cm³/mol. The topological polar surface area (TPSA) is 78.9 Å². The zero-order valence-electron chi connectivity index (χ0n) is 51.6. The summed E-state index contributed by atoms with van der Waals surface area (Å²) in [6.45, 7) is 6.46. The number of hydrogen-bond donors (Lipinski definition) is 0. The number of ether oxygens (including phenoxy) is 3. The Labute approximate surface area is 488 Å². The maximum atomic E-state index is 12.9. The molecule has 450 valence electrons. The van der Waals surface area contributed by atoms with Crippen molar-refractivity contribution in [3.8, 4) is 0 Å². The van der Waals surface area contributed by atoms with E-state index in [4.69, 9.17) is 14.2 Å². The van der Waals surface area contributed by atoms with E-state index in [-0.39, 0.29) is 37.5 Å². The van der Waals surface area contributed by atoms with Crippen LogP contribution in [0.25, 0.3) is 0 Å². The van der Waals surface area contributed by atoms with Crippen LogP contribution in [0.1, 0.15) is 303 Å². The normalized spacial score (nSPS) is 12.9. The van der Waals surface area contributed by atoms with Gasteiger partial charge in [0.1, 0.15) is 13.2 Å². The molecule has 0 aromatic rings. The van der Waals surface area contributed by atoms with Gasteiger partial charge in [-0.3, -0.25) is 14.4 Å². The quantitative estimate of drug-likeness (QED) is 0.0261. The summed E-state index contributed by atoms with van der Waals surface area (Å²) in [4.78, 5) is 38.4. The minimum absolute atomic E-state index is 0.111. The average molecular weight is 1100 g/mol. The average Bonchev–Trinajstić information content (AvgIpc) is 3.45. The van der Waals surface area contributed by atoms with E-state index in [1.54, 1.807) is 0 Å². The zero-order chi connectivity index (χ0) is 57.1. The summed E-state index contributed by atoms with van der Waals surface area (Å²) in [5.74, 6) is -1.01. The van der Waals surface area contributed by atoms with Crippen molar-refractivity contribution in [1.82, 2.24) is 0 Å². The van der Waals surface area contributed by atoms with Gasteiger partial charge in [0.2, 0.25) is 0 Å². The molecule has 0 aromatic carbocycles. The standard InChI is InChI=1S/C73H122O6/c1-4-7-10-13-16-19-22-25-28-31-34-36-39-42-45-48-51-54-57-60-63-66-72(75)78-69-70(68-77-71(74)65-62-59-56-53-50-47-44-41-38-33-30-27-24-21-18-15-12-9-6-3)79-73(76)67-64-61-58-55-52-49-46-43-40-37-35-32-29-26-23-20-17-14-11-8-5-2/h9,12,18,21-22,25,27,30-32,34-35,38-39,41-42,47,50,56,59,70H,4-8,10-11,13-17,19-20,23-24,26,28-29,33,36-37,40,43-46,48-49,51-55,57-58,60-69H2,1-3H3/b12-9-,21-18-,25-22-,30-27-,34-31-,35-32-,41-38-,42-39-,50-47-,59-56-. The highest BCUT2D eigenvalue weighted by atomic mass is 16.6. The van der Waals surface area contributed by atoms with E-state index in [1.807, 2.05) is 6.08 Å². The summed E-state index contributed by atoms with van der Waals surface area (Å²) in [5, 5.41) is 0. The molecule has 0 spiro atoms. The summed E-state index contributed by atoms with van der Waals surface area (Å²) in [7, 11) is 0. The number of carbonyl (C=O) groups is 3. The molecule has 0 aliphatic rings. The molecule has 6 nitrogen and oxygen atoms in total. The highest BCUT2D eigenvalue weighted by Crippen LogP contribution is 2.15. The lowest BCUT2D eigenvalue weighted by atomic mass is 10.1. The van der Waals surface area contributed by atoms with E-state index in [1.165, 1.54) is 154 Å². The Balaban J connectivity index is 4.51. The van der Waals surface area contributed by atoms with Gasteiger partial charge in [-0.2, -0.15) is 0 Å². The lowest BCUT2D eigenvalue weighted by Gasteiger charge is -2.18. The Morgan fingerprint density at radius 2 is 0.519 bits per heavy atom. The van der Waals surface area contributed by atoms with Crippen molar-refractivity contribution in [2.45, 2.75) is 309 Å². The molecule has 6 heteroatoms. The fourth-order valence-electron chi connectivity index (χ4n) is 9.00. The van der Waals surface area contributed by atoms with Crippen molar-refractivity contribution in [3.05, 3.63) is 122 Å². The lowest BCUT2D eigenvalue weighted by Crippen LogP contribution is -2.30. The minimum Gasteiger partial charge on any atom is -0.462 e. The SMILES string of the molecule is CC/C=C\C/C=C\C/C=C\C/C=C\C/C=C\C/C=C\CCC(=O)OCC(COC(=O)CCCCCCCC/C=C\C/C=C\C/C=C\CCCCCCC)OC(=O)CCCCCCCCCCC/C=C\CCCCCCCCCC. The van der Waals surface area contributed by atoms with Gasteiger partial charge in [0.05, 0.1) is 0 Å². The predicted octanol–water partition coefficient (Wildman–Crippen LogP) is 22.8. The number of unbranched alkanes of at least 4 members (excludes halogenated alkanes) is 28. The second kappa shape index (κ2) is 66.3. The van der Waals surface area contributed by atoms with Crippen molar-refractivity contribution < 1.29 is 28.6 Å². The molecule has 1 unspecified atom stereocenters. The highest BCUT2D eigenvalue weighted by molar-refractivity contribution is 5.71. The van der Waals surface area contributed by atoms with Crippen LogP contribution < -0.4 is 0 Å². The molecule has 0 N–H and O–H groups in total. The number of allylic oxidation sites excluding steroid dienone is 20. The molecule has 0 rings (SSSR count). The van der Waals surface area contributed by atoms with Crippen LogP contribution in [0.3, 0.4) is 0 Å². The first kappa shape index (κ1) is 74.8. The first-order valence-electron chi connectivity index (χ1n) is 33.0. The molecular formula is C73H122O6. The van der Waals surface area contributed by atoms with Gasteiger partial charge in [-0.15, -0.1) is 0 Å². The van der Waals surface area contributed by atoms with E-state index < -0.39 is 6.10 Å². The van der Waals surface area contributed by atoms with Gasteiger partial charge in [-0.1, -0.05) is 284 Å². The molecule has 0 aliphatic heterocycles. The molecular weight excluding hydrogens is 973 g/mol. The highest BCUT2D eigenvalue weighted by Gasteiger charge is 2.19. The van der Waals surface area contributed by atoms with Crippen LogP contribution in [-0.2, 0) is 28.6 Å². The molecule has 79 heavy (non-hydrogen) atoms. The molecule has 0 saturated carbocycles. The van der Waals surface area contributed by atoms with Crippen LogP contribution in [0, 0.1) is 0 Å². The number of carbonyl (C=O) groups excluding carboxylic acids is 3. The Hall–Kier alpha value is -4.19. The van der Waals surface area contributed by atoms with E-state index in [9.17, 15) is 14.4 Å². The largest absolute Gasteiger partial charge is 0.462 e. The van der Waals surface area contributed by atoms with Crippen molar-refractivity contribution in [1.29, 1.82) is 0 Å². The number of hydrogen-bond acceptors (Lipinski definition) is 6. The second-order valence-electron chi connectivity index (χ2n) is 21.6. The summed E-state index contributed by atoms with van der Waals surface area (Å²) in [6, 6.07) is 0. The fraction of sp³-hybridized carbons (Fsp3) is 0.685. The van der Waals surface area contributed by atoms with Gasteiger partial charge in [0.25, 0.3) is 0 Å². The lowest BCUT2D eigenvalue weighted by molar-refractivity contribution is -0.166. The zero-order valence-corrected chi connectivity index (χ0v) is 51.6. The van der Waals surface area contributed by atoms with Gasteiger partial charge < -0.3 is 14.2 Å². The van der Waals surface area contributed by atoms with Crippen LogP contribution >= 0.6 is 0 Å². The van der Waals surface area contributed by atoms with Gasteiger partial charge in [-0.05, 0) is 122 Å². The maximum absolute atomic E-state index is 12.9. The van der Waals surface area contributed by atoms with Crippen LogP contribution in [0.5, 0.6) is 0 Å². The summed E-state index contributed by atoms with van der Waals surface area (Å²) >= 11 is 0. The van der Waals surface area contributed by atoms with E-state index in [0.29, 0.717) is 19.3 Å². The van der Waals surface area contributed by atoms with Crippen LogP contribution in [0.2, 0.25) is 0 Å². The monoisotopic (exact) mass is 1090 g/mol. The summed E-state index contributed by atoms with van der Waals surface area (Å²) < 4.78 is 16.9. The first-order chi connectivity index (χ1) is 39.0. The maximum Gasteiger partial charge on any atom is 0.306 e. The van der Waals surface area contributed by atoms with Crippen molar-refractivity contribution in [2.24, 2.45) is 0 Å². The summed E-state index contributed by atoms with van der Waals surface area (Å²) in [5.41, 5.74) is 0. The molecule has 0 amide bonds. The van der Waals surface area contributed by atoms with E-state index in [0.717, 1.165) is 103 Å². The Kier molecular flexibility index (Phi) is 62.8. The fourth-order valence-corrected chi connectivity index (χ4v) is 9.00. The second-order valence-corrected chi connectivity index (χ2v) is 21.6. The Bertz CT molecular complexity index is 1640. The van der Waals surface area contributed by atoms with Crippen LogP contribution in [0.4, 0.5) is 0 Å². The summed E-state index contributed by atoms with van der Waals surface area (Å²) in [6.07, 6.45) is 92.1. The molecule has 0 aliphatic carbocycles. The Morgan fingerprint density at radius 1 is 0.266 bits per heavy atom. The van der Waals surface area contributed by atoms with Crippen molar-refractivity contribution >= 4 is 17.9 Å². The number of esters is 3. The molecule has 0 bridgehead atoms. The van der Waals surface area contributed by atoms with Gasteiger partial charge in [-0.25, -0.2) is 0 Å². The molecule has 1 atom stereocenters. The Morgan fingerprint density at radius 3 is 0.861 bits per heavy atom. The molecule has 0 fully saturated rings. The molecule has 0 radical (unpaired) electrons. The molecule has 0 aromatic heterocycles. The molecule has 0 saturated heterocycles. The van der Waals surface area contributed by atoms with Gasteiger partial charge in [0, 0.05) is 19.3 Å². The van der Waals surface area contributed by atoms with Gasteiger partial charge in [0.15, 0.2) is 6.10 Å². The van der Waals surface area contributed by atoms with Crippen LogP contribution in [0.15, 0.2) is 122 Å². The molecule has 0 heterocycles. The third-order valence-corrected chi connectivity index (χ3v) is 13.9. The van der Waals surface area contributed by atoms with Gasteiger partial charge >= 0.3 is 17.9 Å². The third kappa shape index (κ3) is 64.5. The van der Waals surface area contributed by atoms with E-state index in [2.05, 4.69) is 136 Å².